The molecule has 166 valence electrons. The molecule has 2 heterocycles. The second-order valence-electron chi connectivity index (χ2n) is 7.17. The van der Waals surface area contributed by atoms with Gasteiger partial charge in [-0.1, -0.05) is 28.8 Å². The van der Waals surface area contributed by atoms with Crippen LogP contribution in [0.1, 0.15) is 15.2 Å². The number of hydrogen-bond acceptors (Lipinski definition) is 6. The van der Waals surface area contributed by atoms with Gasteiger partial charge in [0.1, 0.15) is 17.3 Å². The molecular formula is C23H21ClN2O4S2. The number of amides is 1. The molecule has 32 heavy (non-hydrogen) atoms. The summed E-state index contributed by atoms with van der Waals surface area (Å²) in [6.07, 6.45) is 0. The molecule has 1 fully saturated rings. The quantitative estimate of drug-likeness (QED) is 0.398. The summed E-state index contributed by atoms with van der Waals surface area (Å²) in [5.74, 6) is 1.13. The highest BCUT2D eigenvalue weighted by Crippen LogP contribution is 2.27. The van der Waals surface area contributed by atoms with Gasteiger partial charge in [0.05, 0.1) is 23.5 Å². The number of ether oxygens (including phenoxy) is 1. The highest BCUT2D eigenvalue weighted by molar-refractivity contribution is 7.91. The monoisotopic (exact) mass is 488 g/mol. The number of carbonyl (C=O) groups is 2. The van der Waals surface area contributed by atoms with Gasteiger partial charge in [0, 0.05) is 16.4 Å². The van der Waals surface area contributed by atoms with Gasteiger partial charge in [-0.3, -0.25) is 9.59 Å². The van der Waals surface area contributed by atoms with E-state index in [4.69, 9.17) is 16.3 Å². The fourth-order valence-electron chi connectivity index (χ4n) is 3.34. The van der Waals surface area contributed by atoms with Gasteiger partial charge >= 0.3 is 0 Å². The zero-order valence-corrected chi connectivity index (χ0v) is 19.5. The maximum absolute atomic E-state index is 12.7. The molecule has 1 N–H and O–H groups in total. The van der Waals surface area contributed by atoms with Crippen molar-refractivity contribution in [3.8, 4) is 5.75 Å². The molecule has 1 aliphatic rings. The highest BCUT2D eigenvalue weighted by atomic mass is 35.5. The van der Waals surface area contributed by atoms with Crippen molar-refractivity contribution in [1.29, 1.82) is 0 Å². The minimum Gasteiger partial charge on any atom is -0.616 e. The molecule has 0 radical (unpaired) electrons. The third-order valence-corrected chi connectivity index (χ3v) is 7.36. The molecule has 2 aromatic carbocycles. The van der Waals surface area contributed by atoms with Crippen LogP contribution in [-0.2, 0) is 16.0 Å². The van der Waals surface area contributed by atoms with Gasteiger partial charge in [0.2, 0.25) is 5.78 Å². The first-order chi connectivity index (χ1) is 15.5. The van der Waals surface area contributed by atoms with Gasteiger partial charge in [-0.25, -0.2) is 0 Å². The molecule has 0 aliphatic carbocycles. The van der Waals surface area contributed by atoms with Crippen LogP contribution >= 0.6 is 22.9 Å². The lowest BCUT2D eigenvalue weighted by Crippen LogP contribution is -2.40. The van der Waals surface area contributed by atoms with Crippen LogP contribution in [0, 0.1) is 0 Å². The van der Waals surface area contributed by atoms with E-state index in [0.717, 1.165) is 18.8 Å². The molecule has 1 amide bonds. The largest absolute Gasteiger partial charge is 0.616 e. The number of carbonyl (C=O) groups excluding carboxylic acids is 2. The molecule has 0 bridgehead atoms. The van der Waals surface area contributed by atoms with Crippen molar-refractivity contribution in [2.75, 3.05) is 41.4 Å². The Morgan fingerprint density at radius 1 is 1.12 bits per heavy atom. The minimum absolute atomic E-state index is 0.199. The van der Waals surface area contributed by atoms with E-state index >= 15 is 0 Å². The summed E-state index contributed by atoms with van der Waals surface area (Å²) in [6, 6.07) is 15.8. The number of nitrogens with zero attached hydrogens (tertiary/aromatic N) is 1. The molecule has 6 nitrogen and oxygen atoms in total. The molecular weight excluding hydrogens is 468 g/mol. The summed E-state index contributed by atoms with van der Waals surface area (Å²) in [6.45, 7) is 1.28. The van der Waals surface area contributed by atoms with Crippen molar-refractivity contribution in [2.24, 2.45) is 0 Å². The molecule has 0 unspecified atom stereocenters. The minimum atomic E-state index is -0.721. The lowest BCUT2D eigenvalue weighted by molar-refractivity contribution is -0.118. The lowest BCUT2D eigenvalue weighted by Gasteiger charge is -2.30. The van der Waals surface area contributed by atoms with E-state index < -0.39 is 11.2 Å². The maximum atomic E-state index is 12.7. The van der Waals surface area contributed by atoms with Crippen molar-refractivity contribution in [3.05, 3.63) is 75.4 Å². The smallest absolute Gasteiger partial charge is 0.262 e. The predicted octanol–water partition coefficient (Wildman–Crippen LogP) is 4.22. The molecule has 1 aliphatic heterocycles. The van der Waals surface area contributed by atoms with Crippen LogP contribution in [0.15, 0.2) is 60.0 Å². The second-order valence-corrected chi connectivity index (χ2v) is 10.2. The lowest BCUT2D eigenvalue weighted by atomic mass is 10.1. The normalized spacial score (nSPS) is 14.2. The SMILES string of the molecule is O=C(COc1ccc(Cl)cc1C(=O)c1cccs1)Nc1ccc(N2CC[S+]([O-])CC2)cc1. The van der Waals surface area contributed by atoms with Gasteiger partial charge in [0.15, 0.2) is 6.61 Å². The number of ketones is 1. The van der Waals surface area contributed by atoms with Crippen molar-refractivity contribution in [1.82, 2.24) is 0 Å². The second kappa shape index (κ2) is 10.4. The van der Waals surface area contributed by atoms with Crippen LogP contribution in [-0.4, -0.2) is 47.4 Å². The van der Waals surface area contributed by atoms with Crippen LogP contribution < -0.4 is 15.0 Å². The Bertz CT molecular complexity index is 1080. The van der Waals surface area contributed by atoms with Crippen LogP contribution in [0.3, 0.4) is 0 Å². The van der Waals surface area contributed by atoms with E-state index in [-0.39, 0.29) is 18.3 Å². The highest BCUT2D eigenvalue weighted by Gasteiger charge is 2.20. The number of nitrogens with one attached hydrogen (secondary N) is 1. The number of anilines is 2. The number of halogens is 1. The fraction of sp³-hybridized carbons (Fsp3) is 0.217. The van der Waals surface area contributed by atoms with Crippen LogP contribution in [0.2, 0.25) is 5.02 Å². The Kier molecular flexibility index (Phi) is 7.36. The Labute approximate surface area is 198 Å². The van der Waals surface area contributed by atoms with Gasteiger partial charge in [-0.2, -0.15) is 0 Å². The first kappa shape index (κ1) is 22.7. The maximum Gasteiger partial charge on any atom is 0.262 e. The van der Waals surface area contributed by atoms with Crippen LogP contribution in [0.4, 0.5) is 11.4 Å². The van der Waals surface area contributed by atoms with E-state index in [1.54, 1.807) is 30.3 Å². The van der Waals surface area contributed by atoms with Crippen molar-refractivity contribution in [3.63, 3.8) is 0 Å². The van der Waals surface area contributed by atoms with Crippen LogP contribution in [0.25, 0.3) is 0 Å². The van der Waals surface area contributed by atoms with E-state index in [1.807, 2.05) is 29.6 Å². The Balaban J connectivity index is 1.36. The molecule has 0 atom stereocenters. The average Bonchev–Trinajstić information content (AvgIpc) is 3.34. The molecule has 0 spiro atoms. The number of benzene rings is 2. The molecule has 1 aromatic heterocycles. The standard InChI is InChI=1S/C23H21ClN2O4S2/c24-16-3-8-20(19(14-16)23(28)21-2-1-11-31-21)30-15-22(27)25-17-4-6-18(7-5-17)26-9-12-32(29)13-10-26/h1-8,11,14H,9-10,12-13,15H2,(H,25,27). The number of thiophene rings is 1. The third kappa shape index (κ3) is 5.63. The molecule has 1 saturated heterocycles. The Morgan fingerprint density at radius 3 is 2.56 bits per heavy atom. The molecule has 3 aromatic rings. The topological polar surface area (TPSA) is 81.7 Å². The summed E-state index contributed by atoms with van der Waals surface area (Å²) in [4.78, 5) is 27.9. The zero-order chi connectivity index (χ0) is 22.5. The molecule has 0 saturated carbocycles. The number of hydrogen-bond donors (Lipinski definition) is 1. The van der Waals surface area contributed by atoms with Gasteiger partial charge in [-0.05, 0) is 53.9 Å². The van der Waals surface area contributed by atoms with E-state index in [1.165, 1.54) is 11.3 Å². The Hall–Kier alpha value is -2.52. The first-order valence-electron chi connectivity index (χ1n) is 10.00. The van der Waals surface area contributed by atoms with Gasteiger partial charge in [-0.15, -0.1) is 11.3 Å². The van der Waals surface area contributed by atoms with Gasteiger partial charge in [0.25, 0.3) is 5.91 Å². The molecule has 9 heteroatoms. The zero-order valence-electron chi connectivity index (χ0n) is 17.1. The Morgan fingerprint density at radius 2 is 1.88 bits per heavy atom. The molecule has 4 rings (SSSR count). The third-order valence-electron chi connectivity index (χ3n) is 4.98. The van der Waals surface area contributed by atoms with E-state index in [2.05, 4.69) is 10.2 Å². The van der Waals surface area contributed by atoms with E-state index in [0.29, 0.717) is 38.4 Å². The van der Waals surface area contributed by atoms with Crippen molar-refractivity contribution >= 4 is 57.2 Å². The van der Waals surface area contributed by atoms with Gasteiger partial charge < -0.3 is 19.5 Å². The van der Waals surface area contributed by atoms with Crippen molar-refractivity contribution < 1.29 is 18.9 Å². The average molecular weight is 489 g/mol. The first-order valence-corrected chi connectivity index (χ1v) is 12.7. The summed E-state index contributed by atoms with van der Waals surface area (Å²) < 4.78 is 17.2. The summed E-state index contributed by atoms with van der Waals surface area (Å²) in [5.41, 5.74) is 2.00. The van der Waals surface area contributed by atoms with Crippen molar-refractivity contribution in [2.45, 2.75) is 0 Å². The summed E-state index contributed by atoms with van der Waals surface area (Å²) in [7, 11) is 0. The number of rotatable bonds is 7. The summed E-state index contributed by atoms with van der Waals surface area (Å²) >= 11 is 6.68. The summed E-state index contributed by atoms with van der Waals surface area (Å²) in [5, 5.41) is 5.04. The predicted molar refractivity (Wildman–Crippen MR) is 130 cm³/mol. The van der Waals surface area contributed by atoms with E-state index in [9.17, 15) is 14.1 Å². The fourth-order valence-corrected chi connectivity index (χ4v) is 5.24. The van der Waals surface area contributed by atoms with Crippen LogP contribution in [0.5, 0.6) is 5.75 Å².